The highest BCUT2D eigenvalue weighted by molar-refractivity contribution is 8.00. The molecule has 6 nitrogen and oxygen atoms in total. The van der Waals surface area contributed by atoms with E-state index in [9.17, 15) is 14.4 Å². The number of rotatable bonds is 4. The van der Waals surface area contributed by atoms with Gasteiger partial charge >= 0.3 is 5.97 Å². The predicted octanol–water partition coefficient (Wildman–Crippen LogP) is -0.459. The number of nitrogens with one attached hydrogen (secondary N) is 1. The van der Waals surface area contributed by atoms with E-state index in [1.165, 1.54) is 4.90 Å². The smallest absolute Gasteiger partial charge is 0.313 e. The van der Waals surface area contributed by atoms with Gasteiger partial charge in [-0.2, -0.15) is 0 Å². The highest BCUT2D eigenvalue weighted by Crippen LogP contribution is 2.19. The Morgan fingerprint density at radius 1 is 1.47 bits per heavy atom. The van der Waals surface area contributed by atoms with Crippen molar-refractivity contribution in [3.8, 4) is 0 Å². The number of carboxylic acid groups (broad SMARTS) is 1. The largest absolute Gasteiger partial charge is 0.481 e. The first-order valence-corrected chi connectivity index (χ1v) is 6.39. The number of thioether (sulfide) groups is 1. The third kappa shape index (κ3) is 3.36. The van der Waals surface area contributed by atoms with E-state index in [0.717, 1.165) is 11.8 Å². The molecule has 1 saturated heterocycles. The van der Waals surface area contributed by atoms with E-state index < -0.39 is 11.5 Å². The molecular formula is C10H16N2O4S. The normalized spacial score (nSPS) is 18.7. The van der Waals surface area contributed by atoms with Gasteiger partial charge in [0.05, 0.1) is 11.5 Å². The van der Waals surface area contributed by atoms with Crippen LogP contribution < -0.4 is 5.32 Å². The van der Waals surface area contributed by atoms with Crippen molar-refractivity contribution < 1.29 is 19.5 Å². The van der Waals surface area contributed by atoms with Crippen LogP contribution in [0, 0.1) is 0 Å². The number of aliphatic carboxylic acids is 1. The van der Waals surface area contributed by atoms with Crippen molar-refractivity contribution in [1.82, 2.24) is 10.2 Å². The van der Waals surface area contributed by atoms with Gasteiger partial charge in [0, 0.05) is 13.1 Å². The van der Waals surface area contributed by atoms with Crippen molar-refractivity contribution in [2.24, 2.45) is 0 Å². The zero-order valence-corrected chi connectivity index (χ0v) is 10.7. The summed E-state index contributed by atoms with van der Waals surface area (Å²) in [6, 6.07) is 0. The lowest BCUT2D eigenvalue weighted by atomic mass is 9.99. The van der Waals surface area contributed by atoms with Gasteiger partial charge in [-0.3, -0.25) is 14.4 Å². The molecule has 0 unspecified atom stereocenters. The van der Waals surface area contributed by atoms with Crippen LogP contribution in [0.15, 0.2) is 0 Å². The number of hydrogen-bond acceptors (Lipinski definition) is 4. The molecule has 1 aliphatic rings. The van der Waals surface area contributed by atoms with Crippen LogP contribution in [-0.4, -0.2) is 57.9 Å². The molecule has 1 fully saturated rings. The van der Waals surface area contributed by atoms with Crippen LogP contribution in [0.3, 0.4) is 0 Å². The van der Waals surface area contributed by atoms with Crippen LogP contribution in [0.4, 0.5) is 0 Å². The van der Waals surface area contributed by atoms with Crippen LogP contribution in [-0.2, 0) is 14.4 Å². The predicted molar refractivity (Wildman–Crippen MR) is 63.8 cm³/mol. The van der Waals surface area contributed by atoms with Gasteiger partial charge in [-0.15, -0.1) is 11.8 Å². The lowest BCUT2D eigenvalue weighted by Crippen LogP contribution is -2.63. The maximum atomic E-state index is 11.9. The van der Waals surface area contributed by atoms with Gasteiger partial charge in [0.25, 0.3) is 0 Å². The number of carboxylic acids is 1. The second kappa shape index (κ2) is 5.39. The summed E-state index contributed by atoms with van der Waals surface area (Å²) in [6.45, 7) is 4.27. The topological polar surface area (TPSA) is 86.7 Å². The molecule has 17 heavy (non-hydrogen) atoms. The summed E-state index contributed by atoms with van der Waals surface area (Å²) in [6.07, 6.45) is 0. The molecule has 0 aromatic heterocycles. The molecule has 0 aromatic carbocycles. The molecule has 0 aliphatic carbocycles. The highest BCUT2D eigenvalue weighted by Gasteiger charge is 2.40. The fraction of sp³-hybridized carbons (Fsp3) is 0.700. The number of carbonyl (C=O) groups is 3. The summed E-state index contributed by atoms with van der Waals surface area (Å²) in [4.78, 5) is 35.3. The van der Waals surface area contributed by atoms with Gasteiger partial charge < -0.3 is 15.3 Å². The molecule has 96 valence electrons. The number of carbonyl (C=O) groups excluding carboxylic acids is 2. The van der Waals surface area contributed by atoms with E-state index >= 15 is 0 Å². The number of amides is 2. The van der Waals surface area contributed by atoms with Crippen molar-refractivity contribution in [2.75, 3.05) is 24.6 Å². The van der Waals surface area contributed by atoms with Gasteiger partial charge in [-0.1, -0.05) is 0 Å². The van der Waals surface area contributed by atoms with Crippen molar-refractivity contribution in [3.05, 3.63) is 0 Å². The Morgan fingerprint density at radius 2 is 2.12 bits per heavy atom. The zero-order valence-electron chi connectivity index (χ0n) is 9.86. The summed E-state index contributed by atoms with van der Waals surface area (Å²) in [7, 11) is 0. The van der Waals surface area contributed by atoms with Crippen molar-refractivity contribution in [1.29, 1.82) is 0 Å². The molecule has 0 spiro atoms. The monoisotopic (exact) mass is 260 g/mol. The highest BCUT2D eigenvalue weighted by atomic mass is 32.2. The first kappa shape index (κ1) is 13.8. The first-order chi connectivity index (χ1) is 7.85. The van der Waals surface area contributed by atoms with E-state index in [4.69, 9.17) is 5.11 Å². The SMILES string of the molecule is CC1(C)C(=O)NCCN1C(=O)CSCC(=O)O. The fourth-order valence-electron chi connectivity index (χ4n) is 1.64. The van der Waals surface area contributed by atoms with E-state index in [2.05, 4.69) is 5.32 Å². The summed E-state index contributed by atoms with van der Waals surface area (Å²) >= 11 is 1.04. The van der Waals surface area contributed by atoms with Crippen LogP contribution in [0.25, 0.3) is 0 Å². The Balaban J connectivity index is 2.55. The zero-order chi connectivity index (χ0) is 13.1. The fourth-order valence-corrected chi connectivity index (χ4v) is 2.25. The van der Waals surface area contributed by atoms with Crippen LogP contribution in [0.5, 0.6) is 0 Å². The molecule has 0 saturated carbocycles. The lowest BCUT2D eigenvalue weighted by molar-refractivity contribution is -0.147. The molecule has 7 heteroatoms. The maximum Gasteiger partial charge on any atom is 0.313 e. The standard InChI is InChI=1S/C10H16N2O4S/c1-10(2)9(16)11-3-4-12(10)7(13)5-17-6-8(14)15/h3-6H2,1-2H3,(H,11,16)(H,14,15). The van der Waals surface area contributed by atoms with Gasteiger partial charge in [-0.05, 0) is 13.8 Å². The van der Waals surface area contributed by atoms with E-state index in [1.807, 2.05) is 0 Å². The number of nitrogens with zero attached hydrogens (tertiary/aromatic N) is 1. The molecule has 2 N–H and O–H groups in total. The molecule has 1 rings (SSSR count). The summed E-state index contributed by atoms with van der Waals surface area (Å²) in [5, 5.41) is 11.2. The van der Waals surface area contributed by atoms with Crippen LogP contribution >= 0.6 is 11.8 Å². The van der Waals surface area contributed by atoms with E-state index in [0.29, 0.717) is 13.1 Å². The average Bonchev–Trinajstić information content (AvgIpc) is 2.21. The van der Waals surface area contributed by atoms with Crippen molar-refractivity contribution in [2.45, 2.75) is 19.4 Å². The second-order valence-corrected chi connectivity index (χ2v) is 5.23. The van der Waals surface area contributed by atoms with Crippen LogP contribution in [0.1, 0.15) is 13.8 Å². The molecule has 2 amide bonds. The third-order valence-corrected chi connectivity index (χ3v) is 3.51. The lowest BCUT2D eigenvalue weighted by Gasteiger charge is -2.41. The van der Waals surface area contributed by atoms with Crippen LogP contribution in [0.2, 0.25) is 0 Å². The number of piperazine rings is 1. The second-order valence-electron chi connectivity index (χ2n) is 4.25. The Labute approximate surface area is 104 Å². The Hall–Kier alpha value is -1.24. The minimum absolute atomic E-state index is 0.0863. The minimum Gasteiger partial charge on any atom is -0.481 e. The molecule has 0 radical (unpaired) electrons. The summed E-state index contributed by atoms with van der Waals surface area (Å²) in [5.74, 6) is -1.34. The third-order valence-electron chi connectivity index (χ3n) is 2.60. The summed E-state index contributed by atoms with van der Waals surface area (Å²) in [5.41, 5.74) is -0.862. The van der Waals surface area contributed by atoms with Gasteiger partial charge in [0.2, 0.25) is 11.8 Å². The Bertz CT molecular complexity index is 343. The van der Waals surface area contributed by atoms with Gasteiger partial charge in [0.1, 0.15) is 5.54 Å². The molecule has 1 aliphatic heterocycles. The van der Waals surface area contributed by atoms with E-state index in [-0.39, 0.29) is 23.3 Å². The molecule has 0 aromatic rings. The molecule has 0 bridgehead atoms. The molecular weight excluding hydrogens is 244 g/mol. The maximum absolute atomic E-state index is 11.9. The minimum atomic E-state index is -0.946. The van der Waals surface area contributed by atoms with Gasteiger partial charge in [0.15, 0.2) is 0 Å². The Morgan fingerprint density at radius 3 is 2.71 bits per heavy atom. The first-order valence-electron chi connectivity index (χ1n) is 5.24. The van der Waals surface area contributed by atoms with E-state index in [1.54, 1.807) is 13.8 Å². The summed E-state index contributed by atoms with van der Waals surface area (Å²) < 4.78 is 0. The quantitative estimate of drug-likeness (QED) is 0.714. The van der Waals surface area contributed by atoms with Gasteiger partial charge in [-0.25, -0.2) is 0 Å². The average molecular weight is 260 g/mol. The number of hydrogen-bond donors (Lipinski definition) is 2. The molecule has 0 atom stereocenters. The molecule has 1 heterocycles. The van der Waals surface area contributed by atoms with Crippen molar-refractivity contribution in [3.63, 3.8) is 0 Å². The van der Waals surface area contributed by atoms with Crippen molar-refractivity contribution >= 4 is 29.5 Å². The Kier molecular flexibility index (Phi) is 4.39.